The largest absolute Gasteiger partial charge is 0.306 e. The molecule has 0 saturated heterocycles. The highest BCUT2D eigenvalue weighted by Gasteiger charge is 2.28. The van der Waals surface area contributed by atoms with Gasteiger partial charge in [0, 0.05) is 6.54 Å². The second kappa shape index (κ2) is 5.01. The van der Waals surface area contributed by atoms with Crippen LogP contribution in [-0.2, 0) is 6.42 Å². The molecule has 0 bridgehead atoms. The molecule has 0 N–H and O–H groups in total. The minimum absolute atomic E-state index is 0.732. The van der Waals surface area contributed by atoms with Crippen molar-refractivity contribution in [3.05, 3.63) is 35.4 Å². The lowest BCUT2D eigenvalue weighted by Crippen LogP contribution is -2.27. The summed E-state index contributed by atoms with van der Waals surface area (Å²) in [5, 5.41) is 0. The maximum absolute atomic E-state index is 2.48. The molecule has 0 fully saturated rings. The number of benzene rings is 1. The summed E-state index contributed by atoms with van der Waals surface area (Å²) < 4.78 is 0. The molecule has 0 aliphatic heterocycles. The van der Waals surface area contributed by atoms with E-state index in [9.17, 15) is 0 Å². The third-order valence-electron chi connectivity index (χ3n) is 3.89. The minimum Gasteiger partial charge on any atom is -0.306 e. The van der Waals surface area contributed by atoms with Gasteiger partial charge in [0.05, 0.1) is 0 Å². The second-order valence-corrected chi connectivity index (χ2v) is 5.21. The van der Waals surface area contributed by atoms with Crippen LogP contribution in [0.1, 0.15) is 37.3 Å². The van der Waals surface area contributed by atoms with Crippen molar-refractivity contribution in [2.24, 2.45) is 5.92 Å². The lowest BCUT2D eigenvalue weighted by atomic mass is 9.94. The van der Waals surface area contributed by atoms with Crippen LogP contribution in [0.5, 0.6) is 0 Å². The van der Waals surface area contributed by atoms with E-state index in [1.807, 2.05) is 0 Å². The van der Waals surface area contributed by atoms with Gasteiger partial charge in [-0.1, -0.05) is 38.1 Å². The van der Waals surface area contributed by atoms with Crippen LogP contribution < -0.4 is 0 Å². The second-order valence-electron chi connectivity index (χ2n) is 5.21. The summed E-state index contributed by atoms with van der Waals surface area (Å²) in [6, 6.07) is 8.95. The van der Waals surface area contributed by atoms with E-state index in [2.05, 4.69) is 50.1 Å². The van der Waals surface area contributed by atoms with Crippen molar-refractivity contribution >= 4 is 0 Å². The van der Waals surface area contributed by atoms with Gasteiger partial charge in [0.25, 0.3) is 0 Å². The lowest BCUT2D eigenvalue weighted by molar-refractivity contribution is 0.265. The number of fused-ring (bicyclic) bond motifs is 1. The Morgan fingerprint density at radius 1 is 1.31 bits per heavy atom. The molecule has 16 heavy (non-hydrogen) atoms. The molecule has 0 spiro atoms. The maximum atomic E-state index is 2.48. The molecule has 2 rings (SSSR count). The van der Waals surface area contributed by atoms with E-state index in [1.54, 1.807) is 11.1 Å². The summed E-state index contributed by atoms with van der Waals surface area (Å²) in [5.41, 5.74) is 3.15. The lowest BCUT2D eigenvalue weighted by Gasteiger charge is -2.23. The Morgan fingerprint density at radius 2 is 2.06 bits per heavy atom. The van der Waals surface area contributed by atoms with Gasteiger partial charge in [-0.15, -0.1) is 0 Å². The van der Waals surface area contributed by atoms with Crippen molar-refractivity contribution in [1.29, 1.82) is 0 Å². The van der Waals surface area contributed by atoms with Crippen molar-refractivity contribution < 1.29 is 0 Å². The molecule has 1 heteroatoms. The Morgan fingerprint density at radius 3 is 2.75 bits per heavy atom. The average Bonchev–Trinajstić information content (AvgIpc) is 2.57. The fourth-order valence-corrected chi connectivity index (χ4v) is 2.97. The SMILES string of the molecule is CCCN(C)C[C@H]1Cc2ccccc2[C@@H]1C. The number of hydrogen-bond donors (Lipinski definition) is 0. The Hall–Kier alpha value is -0.820. The van der Waals surface area contributed by atoms with Crippen molar-refractivity contribution in [3.63, 3.8) is 0 Å². The summed E-state index contributed by atoms with van der Waals surface area (Å²) in [6.45, 7) is 7.10. The predicted molar refractivity (Wildman–Crippen MR) is 69.8 cm³/mol. The van der Waals surface area contributed by atoms with Crippen LogP contribution in [0.25, 0.3) is 0 Å². The van der Waals surface area contributed by atoms with Crippen LogP contribution in [-0.4, -0.2) is 25.0 Å². The third kappa shape index (κ3) is 2.30. The van der Waals surface area contributed by atoms with Crippen molar-refractivity contribution in [2.45, 2.75) is 32.6 Å². The van der Waals surface area contributed by atoms with E-state index in [0.717, 1.165) is 11.8 Å². The first-order valence-electron chi connectivity index (χ1n) is 6.48. The topological polar surface area (TPSA) is 3.24 Å². The average molecular weight is 217 g/mol. The molecule has 2 atom stereocenters. The smallest absolute Gasteiger partial charge is 0.00155 e. The van der Waals surface area contributed by atoms with Gasteiger partial charge >= 0.3 is 0 Å². The summed E-state index contributed by atoms with van der Waals surface area (Å²) in [6.07, 6.45) is 2.52. The van der Waals surface area contributed by atoms with Gasteiger partial charge < -0.3 is 4.90 Å². The molecule has 0 radical (unpaired) electrons. The maximum Gasteiger partial charge on any atom is 0.00155 e. The van der Waals surface area contributed by atoms with Crippen LogP contribution >= 0.6 is 0 Å². The fraction of sp³-hybridized carbons (Fsp3) is 0.600. The molecule has 0 amide bonds. The van der Waals surface area contributed by atoms with Gasteiger partial charge in [-0.2, -0.15) is 0 Å². The first-order chi connectivity index (χ1) is 7.72. The van der Waals surface area contributed by atoms with Crippen LogP contribution in [0.15, 0.2) is 24.3 Å². The van der Waals surface area contributed by atoms with E-state index in [0.29, 0.717) is 0 Å². The Labute approximate surface area is 99.5 Å². The Balaban J connectivity index is 2.01. The first kappa shape index (κ1) is 11.7. The summed E-state index contributed by atoms with van der Waals surface area (Å²) in [4.78, 5) is 2.48. The van der Waals surface area contributed by atoms with E-state index < -0.39 is 0 Å². The molecule has 0 saturated carbocycles. The van der Waals surface area contributed by atoms with Crippen LogP contribution in [0.4, 0.5) is 0 Å². The zero-order valence-corrected chi connectivity index (χ0v) is 10.7. The number of hydrogen-bond acceptors (Lipinski definition) is 1. The highest BCUT2D eigenvalue weighted by atomic mass is 15.1. The van der Waals surface area contributed by atoms with E-state index in [-0.39, 0.29) is 0 Å². The Bertz CT molecular complexity index is 345. The van der Waals surface area contributed by atoms with Gasteiger partial charge in [-0.3, -0.25) is 0 Å². The Kier molecular flexibility index (Phi) is 3.65. The highest BCUT2D eigenvalue weighted by Crippen LogP contribution is 2.37. The monoisotopic (exact) mass is 217 g/mol. The number of nitrogens with zero attached hydrogens (tertiary/aromatic N) is 1. The van der Waals surface area contributed by atoms with Gasteiger partial charge in [0.2, 0.25) is 0 Å². The fourth-order valence-electron chi connectivity index (χ4n) is 2.97. The first-order valence-corrected chi connectivity index (χ1v) is 6.48. The zero-order chi connectivity index (χ0) is 11.5. The minimum atomic E-state index is 0.732. The molecule has 1 aliphatic rings. The highest BCUT2D eigenvalue weighted by molar-refractivity contribution is 5.35. The molecular formula is C15H23N. The zero-order valence-electron chi connectivity index (χ0n) is 10.7. The van der Waals surface area contributed by atoms with Crippen LogP contribution in [0.3, 0.4) is 0 Å². The molecule has 1 nitrogen and oxygen atoms in total. The summed E-state index contributed by atoms with van der Waals surface area (Å²) in [5.74, 6) is 1.55. The predicted octanol–water partition coefficient (Wildman–Crippen LogP) is 3.30. The molecule has 1 aliphatic carbocycles. The van der Waals surface area contributed by atoms with Crippen LogP contribution in [0.2, 0.25) is 0 Å². The summed E-state index contributed by atoms with van der Waals surface area (Å²) >= 11 is 0. The van der Waals surface area contributed by atoms with Crippen molar-refractivity contribution in [1.82, 2.24) is 4.90 Å². The van der Waals surface area contributed by atoms with Crippen molar-refractivity contribution in [3.8, 4) is 0 Å². The van der Waals surface area contributed by atoms with Crippen molar-refractivity contribution in [2.75, 3.05) is 20.1 Å². The van der Waals surface area contributed by atoms with Gasteiger partial charge in [-0.25, -0.2) is 0 Å². The third-order valence-corrected chi connectivity index (χ3v) is 3.89. The van der Waals surface area contributed by atoms with Crippen LogP contribution in [0, 0.1) is 5.92 Å². The molecule has 1 aromatic rings. The quantitative estimate of drug-likeness (QED) is 0.748. The van der Waals surface area contributed by atoms with E-state index >= 15 is 0 Å². The number of rotatable bonds is 4. The molecule has 0 unspecified atom stereocenters. The molecule has 1 aromatic carbocycles. The normalized spacial score (nSPS) is 23.8. The summed E-state index contributed by atoms with van der Waals surface area (Å²) in [7, 11) is 2.25. The van der Waals surface area contributed by atoms with Gasteiger partial charge in [0.1, 0.15) is 0 Å². The van der Waals surface area contributed by atoms with Gasteiger partial charge in [-0.05, 0) is 49.4 Å². The molecule has 0 heterocycles. The van der Waals surface area contributed by atoms with E-state index in [4.69, 9.17) is 0 Å². The molecular weight excluding hydrogens is 194 g/mol. The molecule has 88 valence electrons. The van der Waals surface area contributed by atoms with Gasteiger partial charge in [0.15, 0.2) is 0 Å². The van der Waals surface area contributed by atoms with E-state index in [1.165, 1.54) is 25.9 Å². The standard InChI is InChI=1S/C15H23N/c1-4-9-16(3)11-14-10-13-7-5-6-8-15(13)12(14)2/h5-8,12,14H,4,9-11H2,1-3H3/t12-,14-/m1/s1. The molecule has 0 aromatic heterocycles.